The first-order chi connectivity index (χ1) is 6.29. The molecule has 68 valence electrons. The molecule has 0 amide bonds. The smallest absolute Gasteiger partial charge is 0.0713 e. The number of halogens is 1. The van der Waals surface area contributed by atoms with Gasteiger partial charge < -0.3 is 0 Å². The minimum absolute atomic E-state index is 0.744. The van der Waals surface area contributed by atoms with Crippen molar-refractivity contribution in [3.8, 4) is 0 Å². The van der Waals surface area contributed by atoms with E-state index in [1.807, 2.05) is 38.2 Å². The van der Waals surface area contributed by atoms with E-state index in [1.54, 1.807) is 12.3 Å². The Kier molecular flexibility index (Phi) is 3.71. The number of nitrogens with zero attached hydrogens (tertiary/aromatic N) is 1. The minimum Gasteiger partial charge on any atom is -0.256 e. The van der Waals surface area contributed by atoms with Gasteiger partial charge in [-0.3, -0.25) is 4.98 Å². The molecule has 1 rings (SSSR count). The van der Waals surface area contributed by atoms with Gasteiger partial charge in [-0.05, 0) is 26.0 Å². The van der Waals surface area contributed by atoms with Crippen molar-refractivity contribution in [2.45, 2.75) is 13.8 Å². The quantitative estimate of drug-likeness (QED) is 0.664. The van der Waals surface area contributed by atoms with Gasteiger partial charge in [-0.1, -0.05) is 29.8 Å². The Bertz CT molecular complexity index is 418. The van der Waals surface area contributed by atoms with Gasteiger partial charge in [0.2, 0.25) is 0 Å². The summed E-state index contributed by atoms with van der Waals surface area (Å²) in [6.45, 7) is 3.92. The Morgan fingerprint density at radius 1 is 1.38 bits per heavy atom. The number of pyridine rings is 1. The molecule has 0 aromatic carbocycles. The maximum atomic E-state index is 5.99. The average molecular weight is 194 g/mol. The third-order valence-electron chi connectivity index (χ3n) is 1.70. The molecule has 0 aliphatic heterocycles. The van der Waals surface area contributed by atoms with E-state index >= 15 is 0 Å². The van der Waals surface area contributed by atoms with Gasteiger partial charge in [0, 0.05) is 11.4 Å². The largest absolute Gasteiger partial charge is 0.256 e. The van der Waals surface area contributed by atoms with Crippen LogP contribution < -0.4 is 10.6 Å². The molecule has 0 unspecified atom stereocenters. The molecule has 0 N–H and O–H groups in total. The fraction of sp³-hybridized carbons (Fsp3) is 0.182. The fourth-order valence-electron chi connectivity index (χ4n) is 1.07. The highest BCUT2D eigenvalue weighted by atomic mass is 35.5. The van der Waals surface area contributed by atoms with Gasteiger partial charge in [0.05, 0.1) is 10.4 Å². The summed E-state index contributed by atoms with van der Waals surface area (Å²) in [4.78, 5) is 4.23. The van der Waals surface area contributed by atoms with E-state index in [0.717, 1.165) is 15.6 Å². The van der Waals surface area contributed by atoms with Gasteiger partial charge in [-0.2, -0.15) is 0 Å². The van der Waals surface area contributed by atoms with Crippen LogP contribution in [-0.2, 0) is 0 Å². The van der Waals surface area contributed by atoms with E-state index in [4.69, 9.17) is 11.6 Å². The van der Waals surface area contributed by atoms with Crippen LogP contribution in [0.2, 0.25) is 5.02 Å². The monoisotopic (exact) mass is 193 g/mol. The fourth-order valence-corrected chi connectivity index (χ4v) is 1.33. The number of hydrogen-bond acceptors (Lipinski definition) is 1. The molecule has 1 heterocycles. The first-order valence-electron chi connectivity index (χ1n) is 4.19. The summed E-state index contributed by atoms with van der Waals surface area (Å²) < 4.78 is 0. The summed E-state index contributed by atoms with van der Waals surface area (Å²) in [5.74, 6) is 0. The molecule has 0 aliphatic carbocycles. The number of aromatic nitrogens is 1. The Morgan fingerprint density at radius 2 is 2.15 bits per heavy atom. The molecule has 1 aromatic heterocycles. The number of rotatable bonds is 1. The van der Waals surface area contributed by atoms with Gasteiger partial charge in [0.15, 0.2) is 0 Å². The van der Waals surface area contributed by atoms with Crippen molar-refractivity contribution in [3.05, 3.63) is 40.0 Å². The standard InChI is InChI=1S/C11H12ClN/c1-3-5-6-11-9(4-2)10(12)7-8-13-11/h3-8H,1-2H3/b5-3-,9-4-,11-6+. The minimum atomic E-state index is 0.744. The average Bonchev–Trinajstić information content (AvgIpc) is 2.15. The third-order valence-corrected chi connectivity index (χ3v) is 2.03. The van der Waals surface area contributed by atoms with Gasteiger partial charge in [-0.25, -0.2) is 0 Å². The summed E-state index contributed by atoms with van der Waals surface area (Å²) in [5, 5.41) is 2.64. The van der Waals surface area contributed by atoms with Crippen LogP contribution in [0.3, 0.4) is 0 Å². The molecule has 0 radical (unpaired) electrons. The summed E-state index contributed by atoms with van der Waals surface area (Å²) in [5.41, 5.74) is 0. The highest BCUT2D eigenvalue weighted by Gasteiger charge is 1.90. The van der Waals surface area contributed by atoms with Crippen LogP contribution in [0, 0.1) is 0 Å². The third kappa shape index (κ3) is 2.43. The maximum Gasteiger partial charge on any atom is 0.0713 e. The lowest BCUT2D eigenvalue weighted by molar-refractivity contribution is 1.22. The molecule has 0 aliphatic rings. The lowest BCUT2D eigenvalue weighted by Gasteiger charge is -1.91. The van der Waals surface area contributed by atoms with Crippen molar-refractivity contribution in [2.75, 3.05) is 0 Å². The van der Waals surface area contributed by atoms with Crippen molar-refractivity contribution in [3.63, 3.8) is 0 Å². The molecule has 0 saturated carbocycles. The Morgan fingerprint density at radius 3 is 2.77 bits per heavy atom. The predicted octanol–water partition coefficient (Wildman–Crippen LogP) is 1.89. The van der Waals surface area contributed by atoms with Gasteiger partial charge in [-0.15, -0.1) is 0 Å². The van der Waals surface area contributed by atoms with Gasteiger partial charge in [0.25, 0.3) is 0 Å². The molecule has 0 saturated heterocycles. The van der Waals surface area contributed by atoms with Crippen molar-refractivity contribution in [2.24, 2.45) is 0 Å². The molecule has 2 heteroatoms. The zero-order valence-corrected chi connectivity index (χ0v) is 8.55. The maximum absolute atomic E-state index is 5.99. The van der Waals surface area contributed by atoms with Crippen LogP contribution in [0.15, 0.2) is 24.4 Å². The second-order valence-electron chi connectivity index (χ2n) is 2.57. The SMILES string of the molecule is C\C=C/C=c1/nccc(Cl)/c1=C/C. The first kappa shape index (κ1) is 10.0. The Hall–Kier alpha value is -1.08. The highest BCUT2D eigenvalue weighted by molar-refractivity contribution is 6.30. The summed E-state index contributed by atoms with van der Waals surface area (Å²) in [7, 11) is 0. The summed E-state index contributed by atoms with van der Waals surface area (Å²) in [6.07, 6.45) is 9.53. The van der Waals surface area contributed by atoms with Crippen LogP contribution in [0.1, 0.15) is 13.8 Å². The van der Waals surface area contributed by atoms with Crippen LogP contribution in [0.4, 0.5) is 0 Å². The van der Waals surface area contributed by atoms with E-state index in [1.165, 1.54) is 0 Å². The van der Waals surface area contributed by atoms with Crippen LogP contribution >= 0.6 is 11.6 Å². The highest BCUT2D eigenvalue weighted by Crippen LogP contribution is 1.94. The summed E-state index contributed by atoms with van der Waals surface area (Å²) >= 11 is 5.99. The first-order valence-corrected chi connectivity index (χ1v) is 4.57. The van der Waals surface area contributed by atoms with E-state index in [9.17, 15) is 0 Å². The van der Waals surface area contributed by atoms with Gasteiger partial charge in [0.1, 0.15) is 0 Å². The number of hydrogen-bond donors (Lipinski definition) is 0. The van der Waals surface area contributed by atoms with Crippen LogP contribution in [-0.4, -0.2) is 4.98 Å². The van der Waals surface area contributed by atoms with Crippen LogP contribution in [0.25, 0.3) is 12.2 Å². The molecule has 1 nitrogen and oxygen atoms in total. The normalized spacial score (nSPS) is 14.4. The van der Waals surface area contributed by atoms with Crippen molar-refractivity contribution in [1.82, 2.24) is 4.98 Å². The molecule has 0 atom stereocenters. The molecule has 1 aromatic rings. The van der Waals surface area contributed by atoms with Crippen LogP contribution in [0.5, 0.6) is 0 Å². The zero-order valence-electron chi connectivity index (χ0n) is 7.79. The van der Waals surface area contributed by atoms with E-state index < -0.39 is 0 Å². The molecule has 0 fully saturated rings. The lowest BCUT2D eigenvalue weighted by Crippen LogP contribution is -2.28. The van der Waals surface area contributed by atoms with Crippen molar-refractivity contribution < 1.29 is 0 Å². The van der Waals surface area contributed by atoms with Gasteiger partial charge >= 0.3 is 0 Å². The van der Waals surface area contributed by atoms with Crippen molar-refractivity contribution >= 4 is 23.8 Å². The molecule has 0 spiro atoms. The molecule has 13 heavy (non-hydrogen) atoms. The lowest BCUT2D eigenvalue weighted by atomic mass is 10.3. The van der Waals surface area contributed by atoms with E-state index in [0.29, 0.717) is 0 Å². The Labute approximate surface area is 83.1 Å². The Balaban J connectivity index is 3.47. The molecule has 0 bridgehead atoms. The summed E-state index contributed by atoms with van der Waals surface area (Å²) in [6, 6.07) is 1.80. The van der Waals surface area contributed by atoms with Crippen molar-refractivity contribution in [1.29, 1.82) is 0 Å². The predicted molar refractivity (Wildman–Crippen MR) is 57.9 cm³/mol. The molecular weight excluding hydrogens is 182 g/mol. The number of allylic oxidation sites excluding steroid dienone is 2. The van der Waals surface area contributed by atoms with E-state index in [2.05, 4.69) is 4.98 Å². The molecular formula is C11H12ClN. The second kappa shape index (κ2) is 4.83. The van der Waals surface area contributed by atoms with E-state index in [-0.39, 0.29) is 0 Å². The second-order valence-corrected chi connectivity index (χ2v) is 2.98. The topological polar surface area (TPSA) is 12.9 Å². The zero-order chi connectivity index (χ0) is 9.68.